The Morgan fingerprint density at radius 1 is 0.931 bits per heavy atom. The number of carbonyl (C=O) groups is 1. The number of halogens is 1. The highest BCUT2D eigenvalue weighted by Crippen LogP contribution is 2.26. The molecule has 0 saturated carbocycles. The van der Waals surface area contributed by atoms with Gasteiger partial charge in [0, 0.05) is 5.56 Å². The standard InChI is InChI=1S/C23H19ClN4O/c1-15-11-13-18(14-12-15)28-22(17-8-4-3-5-9-17)26-21(27-28)23(29)25-20-16(2)7-6-10-19(20)24/h3-14H,1-2H3,(H,25,29). The van der Waals surface area contributed by atoms with Crippen LogP contribution in [0.2, 0.25) is 5.02 Å². The van der Waals surface area contributed by atoms with Crippen molar-refractivity contribution in [3.8, 4) is 17.1 Å². The topological polar surface area (TPSA) is 59.8 Å². The predicted octanol–water partition coefficient (Wildman–Crippen LogP) is 5.46. The lowest BCUT2D eigenvalue weighted by Gasteiger charge is -2.08. The van der Waals surface area contributed by atoms with Crippen molar-refractivity contribution in [2.24, 2.45) is 0 Å². The highest BCUT2D eigenvalue weighted by Gasteiger charge is 2.20. The van der Waals surface area contributed by atoms with Crippen molar-refractivity contribution in [1.29, 1.82) is 0 Å². The van der Waals surface area contributed by atoms with E-state index in [0.717, 1.165) is 22.4 Å². The van der Waals surface area contributed by atoms with E-state index in [1.54, 1.807) is 10.7 Å². The minimum atomic E-state index is -0.413. The molecule has 1 amide bonds. The fourth-order valence-electron chi connectivity index (χ4n) is 3.01. The Bertz CT molecular complexity index is 1150. The van der Waals surface area contributed by atoms with E-state index in [2.05, 4.69) is 15.4 Å². The second-order valence-electron chi connectivity index (χ2n) is 6.76. The lowest BCUT2D eigenvalue weighted by Crippen LogP contribution is -2.15. The number of hydrogen-bond acceptors (Lipinski definition) is 3. The minimum absolute atomic E-state index is 0.0729. The third kappa shape index (κ3) is 3.91. The van der Waals surface area contributed by atoms with Gasteiger partial charge in [0.2, 0.25) is 5.82 Å². The van der Waals surface area contributed by atoms with E-state index >= 15 is 0 Å². The van der Waals surface area contributed by atoms with Crippen molar-refractivity contribution in [2.75, 3.05) is 5.32 Å². The Labute approximate surface area is 174 Å². The van der Waals surface area contributed by atoms with E-state index in [0.29, 0.717) is 16.5 Å². The number of carbonyl (C=O) groups excluding carboxylic acids is 1. The molecule has 0 bridgehead atoms. The van der Waals surface area contributed by atoms with Crippen LogP contribution in [0, 0.1) is 13.8 Å². The number of anilines is 1. The van der Waals surface area contributed by atoms with Crippen molar-refractivity contribution in [1.82, 2.24) is 14.8 Å². The zero-order valence-corrected chi connectivity index (χ0v) is 16.8. The molecule has 0 radical (unpaired) electrons. The summed E-state index contributed by atoms with van der Waals surface area (Å²) in [5.74, 6) is 0.253. The molecule has 0 saturated heterocycles. The highest BCUT2D eigenvalue weighted by atomic mass is 35.5. The van der Waals surface area contributed by atoms with Gasteiger partial charge >= 0.3 is 0 Å². The molecule has 29 heavy (non-hydrogen) atoms. The number of amides is 1. The Morgan fingerprint density at radius 3 is 2.34 bits per heavy atom. The van der Waals surface area contributed by atoms with Crippen LogP contribution in [0.4, 0.5) is 5.69 Å². The first kappa shape index (κ1) is 18.9. The lowest BCUT2D eigenvalue weighted by molar-refractivity contribution is 0.101. The van der Waals surface area contributed by atoms with Gasteiger partial charge in [0.15, 0.2) is 5.82 Å². The Morgan fingerprint density at radius 2 is 1.66 bits per heavy atom. The summed E-state index contributed by atoms with van der Waals surface area (Å²) in [6, 6.07) is 23.0. The summed E-state index contributed by atoms with van der Waals surface area (Å²) in [5, 5.41) is 7.80. The fraction of sp³-hybridized carbons (Fsp3) is 0.0870. The van der Waals surface area contributed by atoms with Crippen LogP contribution in [0.25, 0.3) is 17.1 Å². The first-order chi connectivity index (χ1) is 14.0. The molecular weight excluding hydrogens is 384 g/mol. The lowest BCUT2D eigenvalue weighted by atomic mass is 10.2. The van der Waals surface area contributed by atoms with Gasteiger partial charge in [-0.2, -0.15) is 0 Å². The average molecular weight is 403 g/mol. The van der Waals surface area contributed by atoms with Gasteiger partial charge in [0.1, 0.15) is 0 Å². The number of aromatic nitrogens is 3. The molecule has 0 atom stereocenters. The number of aryl methyl sites for hydroxylation is 2. The molecule has 0 spiro atoms. The molecule has 0 aliphatic rings. The summed E-state index contributed by atoms with van der Waals surface area (Å²) in [6.45, 7) is 3.91. The van der Waals surface area contributed by atoms with Crippen LogP contribution < -0.4 is 5.32 Å². The van der Waals surface area contributed by atoms with Crippen molar-refractivity contribution in [3.63, 3.8) is 0 Å². The maximum Gasteiger partial charge on any atom is 0.295 e. The molecular formula is C23H19ClN4O. The highest BCUT2D eigenvalue weighted by molar-refractivity contribution is 6.34. The summed E-state index contributed by atoms with van der Waals surface area (Å²) in [5.41, 5.74) is 4.27. The zero-order valence-electron chi connectivity index (χ0n) is 16.1. The van der Waals surface area contributed by atoms with Crippen LogP contribution in [0.3, 0.4) is 0 Å². The minimum Gasteiger partial charge on any atom is -0.318 e. The molecule has 0 aliphatic carbocycles. The molecule has 0 fully saturated rings. The summed E-state index contributed by atoms with van der Waals surface area (Å²) in [7, 11) is 0. The molecule has 3 aromatic carbocycles. The molecule has 0 aliphatic heterocycles. The number of nitrogens with zero attached hydrogens (tertiary/aromatic N) is 3. The summed E-state index contributed by atoms with van der Waals surface area (Å²) in [4.78, 5) is 17.4. The van der Waals surface area contributed by atoms with Gasteiger partial charge in [-0.15, -0.1) is 5.10 Å². The third-order valence-corrected chi connectivity index (χ3v) is 4.90. The Kier molecular flexibility index (Phi) is 5.14. The molecule has 1 N–H and O–H groups in total. The van der Waals surface area contributed by atoms with Crippen LogP contribution in [-0.2, 0) is 0 Å². The monoisotopic (exact) mass is 402 g/mol. The zero-order chi connectivity index (χ0) is 20.4. The average Bonchev–Trinajstić information content (AvgIpc) is 3.17. The van der Waals surface area contributed by atoms with Crippen LogP contribution in [0.5, 0.6) is 0 Å². The molecule has 4 aromatic rings. The van der Waals surface area contributed by atoms with Crippen LogP contribution in [0.15, 0.2) is 72.8 Å². The number of nitrogens with one attached hydrogen (secondary N) is 1. The fourth-order valence-corrected chi connectivity index (χ4v) is 3.28. The molecule has 0 unspecified atom stereocenters. The van der Waals surface area contributed by atoms with Gasteiger partial charge in [-0.3, -0.25) is 4.79 Å². The second kappa shape index (κ2) is 7.89. The first-order valence-electron chi connectivity index (χ1n) is 9.19. The van der Waals surface area contributed by atoms with Gasteiger partial charge in [0.25, 0.3) is 5.91 Å². The summed E-state index contributed by atoms with van der Waals surface area (Å²) >= 11 is 6.24. The quantitative estimate of drug-likeness (QED) is 0.493. The molecule has 1 aromatic heterocycles. The Balaban J connectivity index is 1.77. The van der Waals surface area contributed by atoms with Crippen LogP contribution >= 0.6 is 11.6 Å². The smallest absolute Gasteiger partial charge is 0.295 e. The molecule has 144 valence electrons. The van der Waals surface area contributed by atoms with Crippen LogP contribution in [0.1, 0.15) is 21.7 Å². The van der Waals surface area contributed by atoms with E-state index in [1.807, 2.05) is 80.6 Å². The van der Waals surface area contributed by atoms with Crippen molar-refractivity contribution < 1.29 is 4.79 Å². The van der Waals surface area contributed by atoms with Crippen molar-refractivity contribution in [2.45, 2.75) is 13.8 Å². The van der Waals surface area contributed by atoms with Gasteiger partial charge in [-0.25, -0.2) is 9.67 Å². The SMILES string of the molecule is Cc1ccc(-n2nc(C(=O)Nc3c(C)cccc3Cl)nc2-c2ccccc2)cc1. The number of para-hydroxylation sites is 1. The maximum absolute atomic E-state index is 12.9. The van der Waals surface area contributed by atoms with Crippen molar-refractivity contribution in [3.05, 3.63) is 94.8 Å². The maximum atomic E-state index is 12.9. The van der Waals surface area contributed by atoms with E-state index < -0.39 is 5.91 Å². The largest absolute Gasteiger partial charge is 0.318 e. The number of hydrogen-bond donors (Lipinski definition) is 1. The predicted molar refractivity (Wildman–Crippen MR) is 116 cm³/mol. The van der Waals surface area contributed by atoms with Gasteiger partial charge < -0.3 is 5.32 Å². The summed E-state index contributed by atoms with van der Waals surface area (Å²) < 4.78 is 1.68. The second-order valence-corrected chi connectivity index (χ2v) is 7.17. The Hall–Kier alpha value is -3.44. The van der Waals surface area contributed by atoms with Crippen molar-refractivity contribution >= 4 is 23.2 Å². The van der Waals surface area contributed by atoms with Gasteiger partial charge in [0.05, 0.1) is 16.4 Å². The normalized spacial score (nSPS) is 10.7. The van der Waals surface area contributed by atoms with Crippen LogP contribution in [-0.4, -0.2) is 20.7 Å². The number of benzene rings is 3. The van der Waals surface area contributed by atoms with Gasteiger partial charge in [-0.05, 0) is 37.6 Å². The van der Waals surface area contributed by atoms with E-state index in [9.17, 15) is 4.79 Å². The first-order valence-corrected chi connectivity index (χ1v) is 9.57. The third-order valence-electron chi connectivity index (χ3n) is 4.58. The van der Waals surface area contributed by atoms with E-state index in [1.165, 1.54) is 0 Å². The number of rotatable bonds is 4. The van der Waals surface area contributed by atoms with Gasteiger partial charge in [-0.1, -0.05) is 71.8 Å². The molecule has 4 rings (SSSR count). The molecule has 1 heterocycles. The van der Waals surface area contributed by atoms with E-state index in [-0.39, 0.29) is 5.82 Å². The summed E-state index contributed by atoms with van der Waals surface area (Å²) in [6.07, 6.45) is 0. The molecule has 5 nitrogen and oxygen atoms in total. The van der Waals surface area contributed by atoms with E-state index in [4.69, 9.17) is 11.6 Å². The molecule has 6 heteroatoms.